The van der Waals surface area contributed by atoms with Crippen LogP contribution < -0.4 is 0 Å². The van der Waals surface area contributed by atoms with Crippen molar-refractivity contribution in [1.29, 1.82) is 0 Å². The van der Waals surface area contributed by atoms with Gasteiger partial charge in [-0.15, -0.1) is 0 Å². The number of fused-ring (bicyclic) bond motifs is 1. The molecule has 1 N–H and O–H groups in total. The first kappa shape index (κ1) is 13.9. The Hall–Kier alpha value is -1.06. The molecule has 0 bridgehead atoms. The van der Waals surface area contributed by atoms with Gasteiger partial charge in [-0.05, 0) is 63.8 Å². The molecule has 110 valence electrons. The molecule has 1 aliphatic carbocycles. The summed E-state index contributed by atoms with van der Waals surface area (Å²) in [5.41, 5.74) is 2.47. The Kier molecular flexibility index (Phi) is 3.11. The zero-order valence-corrected chi connectivity index (χ0v) is 12.9. The second-order valence-corrected chi connectivity index (χ2v) is 7.46. The van der Waals surface area contributed by atoms with Crippen molar-refractivity contribution in [3.8, 4) is 5.75 Å². The van der Waals surface area contributed by atoms with Gasteiger partial charge in [0.1, 0.15) is 5.75 Å². The molecule has 1 aromatic carbocycles. The summed E-state index contributed by atoms with van der Waals surface area (Å²) in [5.74, 6) is 0.382. The molecule has 3 nitrogen and oxygen atoms in total. The molecule has 3 heteroatoms. The monoisotopic (exact) mass is 275 g/mol. The number of phenolic OH excluding ortho intramolecular Hbond substituents is 1. The number of aryl methyl sites for hydroxylation is 1. The summed E-state index contributed by atoms with van der Waals surface area (Å²) in [4.78, 5) is 2.56. The van der Waals surface area contributed by atoms with Crippen molar-refractivity contribution in [2.24, 2.45) is 0 Å². The van der Waals surface area contributed by atoms with Crippen LogP contribution in [0.2, 0.25) is 0 Å². The van der Waals surface area contributed by atoms with E-state index in [9.17, 15) is 5.11 Å². The summed E-state index contributed by atoms with van der Waals surface area (Å²) >= 11 is 0. The molecular formula is C17H25NO2. The van der Waals surface area contributed by atoms with Crippen molar-refractivity contribution in [2.45, 2.75) is 57.8 Å². The van der Waals surface area contributed by atoms with E-state index >= 15 is 0 Å². The summed E-state index contributed by atoms with van der Waals surface area (Å²) in [6.45, 7) is 10.6. The first-order valence-electron chi connectivity index (χ1n) is 7.52. The van der Waals surface area contributed by atoms with E-state index in [0.29, 0.717) is 11.8 Å². The van der Waals surface area contributed by atoms with Crippen LogP contribution in [0.15, 0.2) is 18.2 Å². The van der Waals surface area contributed by atoms with Gasteiger partial charge in [0, 0.05) is 19.1 Å². The van der Waals surface area contributed by atoms with Gasteiger partial charge < -0.3 is 9.84 Å². The third kappa shape index (κ3) is 2.57. The first-order valence-corrected chi connectivity index (χ1v) is 7.52. The zero-order valence-electron chi connectivity index (χ0n) is 12.9. The van der Waals surface area contributed by atoms with E-state index in [1.165, 1.54) is 11.1 Å². The van der Waals surface area contributed by atoms with Crippen molar-refractivity contribution in [3.05, 3.63) is 29.3 Å². The SMILES string of the molecule is CC1(C)CN(C2CCc3cc(O)ccc32)CC(C)(C)O1. The number of hydrogen-bond acceptors (Lipinski definition) is 3. The minimum absolute atomic E-state index is 0.110. The molecule has 20 heavy (non-hydrogen) atoms. The lowest BCUT2D eigenvalue weighted by Crippen LogP contribution is -2.57. The Morgan fingerprint density at radius 2 is 1.80 bits per heavy atom. The quantitative estimate of drug-likeness (QED) is 0.854. The minimum atomic E-state index is -0.110. The lowest BCUT2D eigenvalue weighted by atomic mass is 9.95. The van der Waals surface area contributed by atoms with Gasteiger partial charge in [0.15, 0.2) is 0 Å². The van der Waals surface area contributed by atoms with E-state index in [4.69, 9.17) is 4.74 Å². The number of aromatic hydroxyl groups is 1. The maximum atomic E-state index is 9.63. The van der Waals surface area contributed by atoms with E-state index in [1.54, 1.807) is 0 Å². The van der Waals surface area contributed by atoms with Crippen LogP contribution in [0.25, 0.3) is 0 Å². The highest BCUT2D eigenvalue weighted by Crippen LogP contribution is 2.41. The van der Waals surface area contributed by atoms with Crippen LogP contribution in [0.5, 0.6) is 5.75 Å². The number of rotatable bonds is 1. The standard InChI is InChI=1S/C17H25NO2/c1-16(2)10-18(11-17(3,4)20-16)15-8-5-12-9-13(19)6-7-14(12)15/h6-7,9,15,19H,5,8,10-11H2,1-4H3. The number of benzene rings is 1. The molecule has 1 unspecified atom stereocenters. The van der Waals surface area contributed by atoms with Crippen LogP contribution in [0.1, 0.15) is 51.3 Å². The van der Waals surface area contributed by atoms with E-state index < -0.39 is 0 Å². The number of phenols is 1. The molecule has 1 atom stereocenters. The predicted molar refractivity (Wildman–Crippen MR) is 80.0 cm³/mol. The zero-order chi connectivity index (χ0) is 14.5. The molecule has 2 aliphatic rings. The van der Waals surface area contributed by atoms with Crippen molar-refractivity contribution >= 4 is 0 Å². The molecule has 0 amide bonds. The summed E-state index contributed by atoms with van der Waals surface area (Å²) in [6, 6.07) is 6.30. The number of nitrogens with zero attached hydrogens (tertiary/aromatic N) is 1. The first-order chi connectivity index (χ1) is 9.26. The Bertz CT molecular complexity index is 506. The van der Waals surface area contributed by atoms with Gasteiger partial charge in [0.25, 0.3) is 0 Å². The van der Waals surface area contributed by atoms with Crippen molar-refractivity contribution in [1.82, 2.24) is 4.90 Å². The molecule has 3 rings (SSSR count). The van der Waals surface area contributed by atoms with Gasteiger partial charge in [0.05, 0.1) is 11.2 Å². The fraction of sp³-hybridized carbons (Fsp3) is 0.647. The van der Waals surface area contributed by atoms with E-state index in [-0.39, 0.29) is 11.2 Å². The van der Waals surface area contributed by atoms with Gasteiger partial charge in [0.2, 0.25) is 0 Å². The molecule has 0 radical (unpaired) electrons. The van der Waals surface area contributed by atoms with E-state index in [0.717, 1.165) is 25.9 Å². The highest BCUT2D eigenvalue weighted by Gasteiger charge is 2.42. The maximum absolute atomic E-state index is 9.63. The highest BCUT2D eigenvalue weighted by atomic mass is 16.5. The molecular weight excluding hydrogens is 250 g/mol. The number of ether oxygens (including phenoxy) is 1. The largest absolute Gasteiger partial charge is 0.508 e. The number of hydrogen-bond donors (Lipinski definition) is 1. The van der Waals surface area contributed by atoms with Crippen LogP contribution in [-0.2, 0) is 11.2 Å². The third-order valence-corrected chi connectivity index (χ3v) is 4.33. The smallest absolute Gasteiger partial charge is 0.115 e. The summed E-state index contributed by atoms with van der Waals surface area (Å²) in [5, 5.41) is 9.63. The molecule has 0 spiro atoms. The Balaban J connectivity index is 1.88. The van der Waals surface area contributed by atoms with E-state index in [1.807, 2.05) is 12.1 Å². The van der Waals surface area contributed by atoms with Crippen molar-refractivity contribution < 1.29 is 9.84 Å². The van der Waals surface area contributed by atoms with Crippen LogP contribution in [0, 0.1) is 0 Å². The van der Waals surface area contributed by atoms with Crippen LogP contribution >= 0.6 is 0 Å². The average molecular weight is 275 g/mol. The lowest BCUT2D eigenvalue weighted by molar-refractivity contribution is -0.188. The van der Waals surface area contributed by atoms with Gasteiger partial charge in [-0.1, -0.05) is 6.07 Å². The molecule has 1 aromatic rings. The molecule has 1 fully saturated rings. The summed E-state index contributed by atoms with van der Waals surface area (Å²) < 4.78 is 6.18. The fourth-order valence-electron chi connectivity index (χ4n) is 4.03. The van der Waals surface area contributed by atoms with Crippen LogP contribution in [-0.4, -0.2) is 34.3 Å². The second-order valence-electron chi connectivity index (χ2n) is 7.46. The highest BCUT2D eigenvalue weighted by molar-refractivity contribution is 5.40. The summed E-state index contributed by atoms with van der Waals surface area (Å²) in [6.07, 6.45) is 2.21. The van der Waals surface area contributed by atoms with E-state index in [2.05, 4.69) is 38.7 Å². The van der Waals surface area contributed by atoms with Gasteiger partial charge in [-0.2, -0.15) is 0 Å². The number of morpholine rings is 1. The molecule has 1 aliphatic heterocycles. The fourth-order valence-corrected chi connectivity index (χ4v) is 4.03. The minimum Gasteiger partial charge on any atom is -0.508 e. The van der Waals surface area contributed by atoms with Crippen LogP contribution in [0.4, 0.5) is 0 Å². The van der Waals surface area contributed by atoms with Gasteiger partial charge >= 0.3 is 0 Å². The van der Waals surface area contributed by atoms with Gasteiger partial charge in [-0.3, -0.25) is 4.90 Å². The molecule has 0 aromatic heterocycles. The predicted octanol–water partition coefficient (Wildman–Crippen LogP) is 3.27. The molecule has 1 heterocycles. The third-order valence-electron chi connectivity index (χ3n) is 4.33. The lowest BCUT2D eigenvalue weighted by Gasteiger charge is -2.49. The molecule has 0 saturated carbocycles. The topological polar surface area (TPSA) is 32.7 Å². The van der Waals surface area contributed by atoms with Crippen molar-refractivity contribution in [2.75, 3.05) is 13.1 Å². The Labute approximate surface area is 121 Å². The summed E-state index contributed by atoms with van der Waals surface area (Å²) in [7, 11) is 0. The van der Waals surface area contributed by atoms with Gasteiger partial charge in [-0.25, -0.2) is 0 Å². The van der Waals surface area contributed by atoms with Crippen LogP contribution in [0.3, 0.4) is 0 Å². The maximum Gasteiger partial charge on any atom is 0.115 e. The Morgan fingerprint density at radius 1 is 1.15 bits per heavy atom. The van der Waals surface area contributed by atoms with Crippen molar-refractivity contribution in [3.63, 3.8) is 0 Å². The normalized spacial score (nSPS) is 28.3. The molecule has 1 saturated heterocycles. The second kappa shape index (κ2) is 4.47. The Morgan fingerprint density at radius 3 is 2.45 bits per heavy atom. The average Bonchev–Trinajstić information content (AvgIpc) is 2.67.